The maximum atomic E-state index is 10.6. The highest BCUT2D eigenvalue weighted by atomic mass is 33.1. The van der Waals surface area contributed by atoms with Crippen molar-refractivity contribution in [1.29, 1.82) is 0 Å². The summed E-state index contributed by atoms with van der Waals surface area (Å²) in [5.74, 6) is 4.32. The van der Waals surface area contributed by atoms with Crippen molar-refractivity contribution in [2.75, 3.05) is 18.8 Å². The highest BCUT2D eigenvalue weighted by Crippen LogP contribution is 2.48. The molecule has 138 valence electrons. The lowest BCUT2D eigenvalue weighted by Gasteiger charge is -2.26. The van der Waals surface area contributed by atoms with Crippen molar-refractivity contribution >= 4 is 43.2 Å². The molecule has 3 nitrogen and oxygen atoms in total. The third-order valence-electron chi connectivity index (χ3n) is 5.19. The molecular formula is C18H25NO2S4. The van der Waals surface area contributed by atoms with Crippen LogP contribution in [0.4, 0.5) is 0 Å². The Kier molecular flexibility index (Phi) is 5.80. The number of fused-ring (bicyclic) bond motifs is 2. The van der Waals surface area contributed by atoms with E-state index in [0.29, 0.717) is 17.2 Å². The van der Waals surface area contributed by atoms with E-state index in [1.807, 2.05) is 43.2 Å². The summed E-state index contributed by atoms with van der Waals surface area (Å²) in [5.41, 5.74) is 4.47. The minimum Gasteiger partial charge on any atom is -0.487 e. The Morgan fingerprint density at radius 2 is 1.96 bits per heavy atom. The monoisotopic (exact) mass is 415 g/mol. The molecule has 3 atom stereocenters. The lowest BCUT2D eigenvalue weighted by atomic mass is 9.91. The number of benzene rings is 1. The van der Waals surface area contributed by atoms with Crippen molar-refractivity contribution in [3.8, 4) is 5.75 Å². The van der Waals surface area contributed by atoms with Crippen LogP contribution in [0.2, 0.25) is 0 Å². The zero-order chi connectivity index (χ0) is 17.4. The van der Waals surface area contributed by atoms with E-state index in [2.05, 4.69) is 31.3 Å². The van der Waals surface area contributed by atoms with Gasteiger partial charge in [-0.15, -0.1) is 0 Å². The van der Waals surface area contributed by atoms with Crippen molar-refractivity contribution in [3.63, 3.8) is 0 Å². The van der Waals surface area contributed by atoms with Gasteiger partial charge in [0.05, 0.1) is 0 Å². The number of aliphatic hydroxyl groups excluding tert-OH is 1. The molecule has 1 aromatic carbocycles. The number of rotatable bonds is 5. The molecule has 3 unspecified atom stereocenters. The van der Waals surface area contributed by atoms with Crippen molar-refractivity contribution < 1.29 is 9.84 Å². The second kappa shape index (κ2) is 7.76. The van der Waals surface area contributed by atoms with Gasteiger partial charge in [-0.25, -0.2) is 0 Å². The first-order valence-electron chi connectivity index (χ1n) is 8.76. The zero-order valence-corrected chi connectivity index (χ0v) is 17.9. The maximum absolute atomic E-state index is 10.6. The first-order valence-corrected chi connectivity index (χ1v) is 13.6. The van der Waals surface area contributed by atoms with Gasteiger partial charge < -0.3 is 15.2 Å². The lowest BCUT2D eigenvalue weighted by Crippen LogP contribution is -2.42. The van der Waals surface area contributed by atoms with E-state index in [-0.39, 0.29) is 6.10 Å². The number of aliphatic hydroxyl groups is 1. The van der Waals surface area contributed by atoms with Gasteiger partial charge in [0.1, 0.15) is 18.0 Å². The van der Waals surface area contributed by atoms with Crippen molar-refractivity contribution in [3.05, 3.63) is 28.8 Å². The Hall–Kier alpha value is 0.340. The van der Waals surface area contributed by atoms with Crippen molar-refractivity contribution in [1.82, 2.24) is 5.32 Å². The van der Waals surface area contributed by atoms with Crippen LogP contribution in [0.1, 0.15) is 30.5 Å². The fourth-order valence-electron chi connectivity index (χ4n) is 3.40. The Bertz CT molecular complexity index is 605. The smallest absolute Gasteiger partial charge is 0.130 e. The molecule has 1 saturated heterocycles. The molecule has 7 heteroatoms. The van der Waals surface area contributed by atoms with E-state index in [1.54, 1.807) is 0 Å². The van der Waals surface area contributed by atoms with E-state index in [4.69, 9.17) is 4.74 Å². The van der Waals surface area contributed by atoms with E-state index in [1.165, 1.54) is 22.4 Å². The van der Waals surface area contributed by atoms with E-state index in [0.717, 1.165) is 30.2 Å². The molecule has 0 bridgehead atoms. The average Bonchev–Trinajstić information content (AvgIpc) is 3.15. The summed E-state index contributed by atoms with van der Waals surface area (Å²) in [6, 6.07) is 4.50. The first kappa shape index (κ1) is 18.7. The van der Waals surface area contributed by atoms with Crippen LogP contribution < -0.4 is 10.1 Å². The summed E-state index contributed by atoms with van der Waals surface area (Å²) in [5, 5.41) is 14.7. The quantitative estimate of drug-likeness (QED) is 0.701. The second-order valence-corrected chi connectivity index (χ2v) is 12.7. The zero-order valence-electron chi connectivity index (χ0n) is 14.6. The number of ether oxygens (including phenoxy) is 1. The van der Waals surface area contributed by atoms with Gasteiger partial charge in [-0.3, -0.25) is 0 Å². The van der Waals surface area contributed by atoms with Crippen LogP contribution in [0, 0.1) is 5.41 Å². The van der Waals surface area contributed by atoms with Crippen LogP contribution in [0.25, 0.3) is 0 Å². The van der Waals surface area contributed by atoms with Crippen LogP contribution in [-0.4, -0.2) is 41.4 Å². The fourth-order valence-corrected chi connectivity index (χ4v) is 9.58. The number of hydrogen-bond acceptors (Lipinski definition) is 7. The van der Waals surface area contributed by atoms with Crippen molar-refractivity contribution in [2.45, 2.75) is 49.2 Å². The normalized spacial score (nSPS) is 28.3. The van der Waals surface area contributed by atoms with Crippen LogP contribution >= 0.6 is 43.2 Å². The van der Waals surface area contributed by atoms with E-state index in [9.17, 15) is 5.11 Å². The Morgan fingerprint density at radius 1 is 1.20 bits per heavy atom. The first-order chi connectivity index (χ1) is 12.0. The molecule has 0 radical (unpaired) electrons. The lowest BCUT2D eigenvalue weighted by molar-refractivity contribution is 0.0498. The number of nitrogens with one attached hydrogen (secondary N) is 1. The summed E-state index contributed by atoms with van der Waals surface area (Å²) in [7, 11) is 7.77. The molecule has 2 N–H and O–H groups in total. The molecule has 0 aromatic heterocycles. The largest absolute Gasteiger partial charge is 0.487 e. The summed E-state index contributed by atoms with van der Waals surface area (Å²) in [6.07, 6.45) is 0.239. The van der Waals surface area contributed by atoms with E-state index >= 15 is 0 Å². The molecule has 25 heavy (non-hydrogen) atoms. The summed E-state index contributed by atoms with van der Waals surface area (Å²) in [4.78, 5) is 0. The van der Waals surface area contributed by atoms with Gasteiger partial charge in [0.15, 0.2) is 0 Å². The van der Waals surface area contributed by atoms with Gasteiger partial charge >= 0.3 is 0 Å². The molecule has 0 spiro atoms. The summed E-state index contributed by atoms with van der Waals surface area (Å²) in [6.45, 7) is 6.21. The topological polar surface area (TPSA) is 41.5 Å². The molecule has 1 fully saturated rings. The summed E-state index contributed by atoms with van der Waals surface area (Å²) >= 11 is 0. The molecule has 0 amide bonds. The molecule has 3 aliphatic heterocycles. The Balaban J connectivity index is 1.31. The van der Waals surface area contributed by atoms with Gasteiger partial charge in [-0.2, -0.15) is 0 Å². The van der Waals surface area contributed by atoms with Gasteiger partial charge in [-0.05, 0) is 28.2 Å². The van der Waals surface area contributed by atoms with Gasteiger partial charge in [0.2, 0.25) is 0 Å². The molecule has 3 heterocycles. The van der Waals surface area contributed by atoms with Gasteiger partial charge in [-0.1, -0.05) is 63.1 Å². The van der Waals surface area contributed by atoms with Gasteiger partial charge in [0.25, 0.3) is 0 Å². The molecule has 4 rings (SSSR count). The highest BCUT2D eigenvalue weighted by Gasteiger charge is 2.36. The SMILES string of the molecule is CC1(C)CSSC1CNCC(O)C1Cc2cc3c(cc2O1)CSSC3. The third-order valence-corrected chi connectivity index (χ3v) is 10.9. The molecule has 1 aromatic rings. The van der Waals surface area contributed by atoms with Crippen LogP contribution in [0.3, 0.4) is 0 Å². The van der Waals surface area contributed by atoms with Crippen LogP contribution in [0.15, 0.2) is 12.1 Å². The molecule has 3 aliphatic rings. The standard InChI is InChI=1S/C18H25NO2S4/c1-18(2)10-24-25-17(18)7-19-6-14(20)16-4-11-3-12-8-22-23-9-13(12)5-15(11)21-16/h3,5,14,16-17,19-20H,4,6-10H2,1-2H3. The highest BCUT2D eigenvalue weighted by molar-refractivity contribution is 8.77. The maximum Gasteiger partial charge on any atom is 0.130 e. The van der Waals surface area contributed by atoms with Crippen molar-refractivity contribution in [2.24, 2.45) is 5.41 Å². The minimum absolute atomic E-state index is 0.120. The Labute approximate surface area is 166 Å². The van der Waals surface area contributed by atoms with E-state index < -0.39 is 6.10 Å². The molecule has 0 saturated carbocycles. The second-order valence-electron chi connectivity index (χ2n) is 7.67. The average molecular weight is 416 g/mol. The minimum atomic E-state index is -0.463. The van der Waals surface area contributed by atoms with Crippen LogP contribution in [-0.2, 0) is 17.9 Å². The summed E-state index contributed by atoms with van der Waals surface area (Å²) < 4.78 is 6.08. The molecular weight excluding hydrogens is 390 g/mol. The van der Waals surface area contributed by atoms with Gasteiger partial charge in [0, 0.05) is 42.0 Å². The third kappa shape index (κ3) is 4.11. The molecule has 0 aliphatic carbocycles. The fraction of sp³-hybridized carbons (Fsp3) is 0.667. The predicted octanol–water partition coefficient (Wildman–Crippen LogP) is 4.13. The predicted molar refractivity (Wildman–Crippen MR) is 114 cm³/mol. The van der Waals surface area contributed by atoms with Crippen LogP contribution in [0.5, 0.6) is 5.75 Å². The number of hydrogen-bond donors (Lipinski definition) is 2. The Morgan fingerprint density at radius 3 is 2.68 bits per heavy atom.